The highest BCUT2D eigenvalue weighted by Gasteiger charge is 2.17. The Bertz CT molecular complexity index is 637. The molecular weight excluding hydrogens is 290 g/mol. The van der Waals surface area contributed by atoms with Crippen LogP contribution in [0.4, 0.5) is 0 Å². The summed E-state index contributed by atoms with van der Waals surface area (Å²) in [5, 5.41) is 2.57. The van der Waals surface area contributed by atoms with E-state index in [0.29, 0.717) is 19.7 Å². The molecule has 0 saturated carbocycles. The highest BCUT2D eigenvalue weighted by atomic mass is 35.5. The minimum absolute atomic E-state index is 0.0464. The van der Waals surface area contributed by atoms with Gasteiger partial charge >= 0.3 is 0 Å². The molecule has 0 aliphatic rings. The van der Waals surface area contributed by atoms with E-state index >= 15 is 0 Å². The second kappa shape index (κ2) is 6.80. The first-order chi connectivity index (χ1) is 10.0. The smallest absolute Gasteiger partial charge is 0.216 e. The zero-order valence-electron chi connectivity index (χ0n) is 12.5. The molecule has 1 atom stereocenters. The molecule has 21 heavy (non-hydrogen) atoms. The molecule has 1 N–H and O–H groups in total. The fraction of sp³-hybridized carbons (Fsp3) is 0.467. The number of fused-ring (bicyclic) bond motifs is 1. The topological polar surface area (TPSA) is 56.1 Å². The van der Waals surface area contributed by atoms with Gasteiger partial charge in [-0.2, -0.15) is 0 Å². The molecule has 1 unspecified atom stereocenters. The van der Waals surface area contributed by atoms with Gasteiger partial charge in [-0.15, -0.1) is 11.6 Å². The number of hydrogen-bond acceptors (Lipinski definition) is 3. The predicted molar refractivity (Wildman–Crippen MR) is 83.9 cm³/mol. The van der Waals surface area contributed by atoms with Crippen molar-refractivity contribution in [3.8, 4) is 5.75 Å². The fourth-order valence-corrected chi connectivity index (χ4v) is 2.46. The van der Waals surface area contributed by atoms with Crippen molar-refractivity contribution in [2.45, 2.75) is 32.7 Å². The molecule has 1 aromatic carbocycles. The summed E-state index contributed by atoms with van der Waals surface area (Å²) >= 11 is 6.24. The Hall–Kier alpha value is -1.75. The highest BCUT2D eigenvalue weighted by molar-refractivity contribution is 6.20. The van der Waals surface area contributed by atoms with Crippen LogP contribution < -0.4 is 10.1 Å². The number of imidazole rings is 1. The molecule has 0 aliphatic carbocycles. The number of carbonyl (C=O) groups excluding carboxylic acids is 1. The van der Waals surface area contributed by atoms with Crippen molar-refractivity contribution in [3.05, 3.63) is 24.0 Å². The number of alkyl halides is 1. The molecule has 0 spiro atoms. The van der Waals surface area contributed by atoms with Crippen molar-refractivity contribution in [2.24, 2.45) is 0 Å². The second-order valence-electron chi connectivity index (χ2n) is 4.78. The molecule has 1 heterocycles. The summed E-state index contributed by atoms with van der Waals surface area (Å²) in [6.45, 7) is 7.08. The normalized spacial score (nSPS) is 12.4. The van der Waals surface area contributed by atoms with Crippen LogP contribution in [0.3, 0.4) is 0 Å². The Balaban J connectivity index is 2.42. The van der Waals surface area contributed by atoms with Crippen LogP contribution in [0.5, 0.6) is 5.75 Å². The molecule has 1 amide bonds. The van der Waals surface area contributed by atoms with Crippen LogP contribution in [-0.4, -0.2) is 28.6 Å². The van der Waals surface area contributed by atoms with Crippen molar-refractivity contribution in [3.63, 3.8) is 0 Å². The summed E-state index contributed by atoms with van der Waals surface area (Å²) < 4.78 is 7.65. The van der Waals surface area contributed by atoms with Crippen LogP contribution in [0.15, 0.2) is 18.2 Å². The summed E-state index contributed by atoms with van der Waals surface area (Å²) in [7, 11) is 0. The lowest BCUT2D eigenvalue weighted by molar-refractivity contribution is -0.118. The Morgan fingerprint density at radius 3 is 2.90 bits per heavy atom. The van der Waals surface area contributed by atoms with E-state index in [9.17, 15) is 4.79 Å². The van der Waals surface area contributed by atoms with E-state index < -0.39 is 0 Å². The fourth-order valence-electron chi connectivity index (χ4n) is 2.29. The Morgan fingerprint density at radius 2 is 2.29 bits per heavy atom. The first-order valence-electron chi connectivity index (χ1n) is 7.05. The van der Waals surface area contributed by atoms with E-state index in [2.05, 4.69) is 10.3 Å². The molecule has 0 fully saturated rings. The number of rotatable bonds is 6. The number of carbonyl (C=O) groups is 1. The number of para-hydroxylation sites is 1. The molecule has 1 aromatic heterocycles. The number of ether oxygens (including phenoxy) is 1. The maximum Gasteiger partial charge on any atom is 0.216 e. The monoisotopic (exact) mass is 309 g/mol. The van der Waals surface area contributed by atoms with Gasteiger partial charge in [0.25, 0.3) is 0 Å². The van der Waals surface area contributed by atoms with Gasteiger partial charge in [0.15, 0.2) is 0 Å². The van der Waals surface area contributed by atoms with E-state index in [1.165, 1.54) is 6.92 Å². The van der Waals surface area contributed by atoms with Gasteiger partial charge in [0.2, 0.25) is 5.91 Å². The summed E-state index contributed by atoms with van der Waals surface area (Å²) in [6.07, 6.45) is 0. The standard InChI is InChI=1S/C15H20ClN3O2/c1-4-21-13-7-5-6-12-14(13)18-15(10(2)16)19(12)9-8-17-11(3)20/h5-7,10H,4,8-9H2,1-3H3,(H,17,20). The quantitative estimate of drug-likeness (QED) is 0.835. The molecule has 0 saturated heterocycles. The number of amides is 1. The van der Waals surface area contributed by atoms with Crippen LogP contribution in [0.2, 0.25) is 0 Å². The number of nitrogens with zero attached hydrogens (tertiary/aromatic N) is 2. The Labute approximate surface area is 129 Å². The van der Waals surface area contributed by atoms with E-state index in [-0.39, 0.29) is 11.3 Å². The summed E-state index contributed by atoms with van der Waals surface area (Å²) in [5.41, 5.74) is 1.78. The largest absolute Gasteiger partial charge is 0.492 e. The minimum Gasteiger partial charge on any atom is -0.492 e. The maximum atomic E-state index is 11.0. The zero-order chi connectivity index (χ0) is 15.4. The molecule has 6 heteroatoms. The Morgan fingerprint density at radius 1 is 1.52 bits per heavy atom. The number of aromatic nitrogens is 2. The predicted octanol–water partition coefficient (Wildman–Crippen LogP) is 2.87. The molecule has 2 rings (SSSR count). The lowest BCUT2D eigenvalue weighted by Gasteiger charge is -2.11. The number of hydrogen-bond donors (Lipinski definition) is 1. The second-order valence-corrected chi connectivity index (χ2v) is 5.43. The third kappa shape index (κ3) is 3.47. The highest BCUT2D eigenvalue weighted by Crippen LogP contribution is 2.30. The first-order valence-corrected chi connectivity index (χ1v) is 7.48. The van der Waals surface area contributed by atoms with Crippen molar-refractivity contribution in [1.29, 1.82) is 0 Å². The lowest BCUT2D eigenvalue weighted by Crippen LogP contribution is -2.25. The molecule has 0 radical (unpaired) electrons. The van der Waals surface area contributed by atoms with Gasteiger partial charge in [-0.1, -0.05) is 6.07 Å². The molecule has 0 bridgehead atoms. The molecular formula is C15H20ClN3O2. The lowest BCUT2D eigenvalue weighted by atomic mass is 10.3. The van der Waals surface area contributed by atoms with Gasteiger partial charge in [-0.25, -0.2) is 4.98 Å². The summed E-state index contributed by atoms with van der Waals surface area (Å²) in [4.78, 5) is 15.6. The van der Waals surface area contributed by atoms with Gasteiger partial charge in [-0.3, -0.25) is 4.79 Å². The third-order valence-electron chi connectivity index (χ3n) is 3.14. The Kier molecular flexibility index (Phi) is 5.07. The summed E-state index contributed by atoms with van der Waals surface area (Å²) in [6, 6.07) is 5.83. The van der Waals surface area contributed by atoms with Crippen molar-refractivity contribution in [2.75, 3.05) is 13.2 Å². The van der Waals surface area contributed by atoms with Crippen LogP contribution in [0.1, 0.15) is 32.0 Å². The van der Waals surface area contributed by atoms with Gasteiger partial charge in [0.05, 0.1) is 17.5 Å². The van der Waals surface area contributed by atoms with Crippen molar-refractivity contribution in [1.82, 2.24) is 14.9 Å². The van der Waals surface area contributed by atoms with Gasteiger partial charge in [0.1, 0.15) is 17.1 Å². The summed E-state index contributed by atoms with van der Waals surface area (Å²) in [5.74, 6) is 1.49. The third-order valence-corrected chi connectivity index (χ3v) is 3.33. The van der Waals surface area contributed by atoms with Crippen molar-refractivity contribution < 1.29 is 9.53 Å². The van der Waals surface area contributed by atoms with E-state index in [0.717, 1.165) is 22.6 Å². The minimum atomic E-state index is -0.218. The first kappa shape index (κ1) is 15.6. The van der Waals surface area contributed by atoms with Crippen LogP contribution >= 0.6 is 11.6 Å². The molecule has 2 aromatic rings. The molecule has 0 aliphatic heterocycles. The average Bonchev–Trinajstić information content (AvgIpc) is 2.79. The van der Waals surface area contributed by atoms with E-state index in [1.807, 2.05) is 36.6 Å². The van der Waals surface area contributed by atoms with Gasteiger partial charge in [-0.05, 0) is 26.0 Å². The van der Waals surface area contributed by atoms with E-state index in [1.54, 1.807) is 0 Å². The SMILES string of the molecule is CCOc1cccc2c1nc(C(C)Cl)n2CCNC(C)=O. The number of nitrogens with one attached hydrogen (secondary N) is 1. The van der Waals surface area contributed by atoms with Crippen LogP contribution in [0.25, 0.3) is 11.0 Å². The zero-order valence-corrected chi connectivity index (χ0v) is 13.3. The number of halogens is 1. The van der Waals surface area contributed by atoms with E-state index in [4.69, 9.17) is 16.3 Å². The van der Waals surface area contributed by atoms with Crippen LogP contribution in [-0.2, 0) is 11.3 Å². The van der Waals surface area contributed by atoms with Gasteiger partial charge in [0, 0.05) is 20.0 Å². The average molecular weight is 310 g/mol. The van der Waals surface area contributed by atoms with Gasteiger partial charge < -0.3 is 14.6 Å². The molecule has 114 valence electrons. The van der Waals surface area contributed by atoms with Crippen LogP contribution in [0, 0.1) is 0 Å². The van der Waals surface area contributed by atoms with Crippen molar-refractivity contribution >= 4 is 28.5 Å². The number of benzene rings is 1. The maximum absolute atomic E-state index is 11.0. The molecule has 5 nitrogen and oxygen atoms in total.